The summed E-state index contributed by atoms with van der Waals surface area (Å²) in [5.41, 5.74) is 1.76. The fourth-order valence-electron chi connectivity index (χ4n) is 3.59. The molecule has 1 aromatic carbocycles. The first kappa shape index (κ1) is 22.7. The molecule has 0 spiro atoms. The molecule has 1 saturated heterocycles. The maximum absolute atomic E-state index is 10.4. The van der Waals surface area contributed by atoms with Gasteiger partial charge in [-0.3, -0.25) is 0 Å². The topological polar surface area (TPSA) is 113 Å². The molecular weight excluding hydrogens is 422 g/mol. The van der Waals surface area contributed by atoms with Gasteiger partial charge in [0, 0.05) is 43.5 Å². The zero-order valence-corrected chi connectivity index (χ0v) is 19.0. The van der Waals surface area contributed by atoms with Gasteiger partial charge in [0.2, 0.25) is 5.88 Å². The summed E-state index contributed by atoms with van der Waals surface area (Å²) in [7, 11) is 3.80. The van der Waals surface area contributed by atoms with Gasteiger partial charge in [-0.2, -0.15) is 15.3 Å². The minimum absolute atomic E-state index is 0.375. The van der Waals surface area contributed by atoms with Crippen molar-refractivity contribution in [1.29, 1.82) is 5.26 Å². The van der Waals surface area contributed by atoms with Crippen LogP contribution in [0.15, 0.2) is 36.7 Å². The lowest BCUT2D eigenvalue weighted by molar-refractivity contribution is 0.122. The van der Waals surface area contributed by atoms with E-state index in [9.17, 15) is 10.4 Å². The van der Waals surface area contributed by atoms with Crippen molar-refractivity contribution < 1.29 is 14.6 Å². The fraction of sp³-hybridized carbons (Fsp3) is 0.391. The van der Waals surface area contributed by atoms with Crippen LogP contribution in [-0.2, 0) is 4.74 Å². The average molecular weight is 450 g/mol. The van der Waals surface area contributed by atoms with Gasteiger partial charge in [0.25, 0.3) is 0 Å². The molecule has 33 heavy (non-hydrogen) atoms. The molecule has 0 aliphatic carbocycles. The van der Waals surface area contributed by atoms with Crippen molar-refractivity contribution >= 4 is 5.82 Å². The van der Waals surface area contributed by atoms with Crippen molar-refractivity contribution in [2.45, 2.75) is 13.0 Å². The second-order valence-corrected chi connectivity index (χ2v) is 8.10. The molecule has 10 heteroatoms. The molecule has 1 aliphatic heterocycles. The minimum Gasteiger partial charge on any atom is -0.437 e. The van der Waals surface area contributed by atoms with E-state index >= 15 is 0 Å². The first-order chi connectivity index (χ1) is 15.9. The van der Waals surface area contributed by atoms with Crippen LogP contribution in [0.2, 0.25) is 0 Å². The fourth-order valence-corrected chi connectivity index (χ4v) is 3.59. The smallest absolute Gasteiger partial charge is 0.224 e. The highest BCUT2D eigenvalue weighted by molar-refractivity contribution is 5.53. The minimum atomic E-state index is -0.669. The number of nitriles is 1. The van der Waals surface area contributed by atoms with E-state index in [1.165, 1.54) is 0 Å². The third-order valence-electron chi connectivity index (χ3n) is 5.21. The maximum Gasteiger partial charge on any atom is 0.224 e. The Morgan fingerprint density at radius 2 is 2.03 bits per heavy atom. The van der Waals surface area contributed by atoms with Gasteiger partial charge in [0.1, 0.15) is 17.3 Å². The Labute approximate surface area is 192 Å². The third kappa shape index (κ3) is 5.46. The van der Waals surface area contributed by atoms with Gasteiger partial charge in [0.15, 0.2) is 5.75 Å². The Hall–Kier alpha value is -3.52. The molecule has 10 nitrogen and oxygen atoms in total. The number of rotatable bonds is 7. The summed E-state index contributed by atoms with van der Waals surface area (Å²) < 4.78 is 13.2. The number of aliphatic hydroxyl groups excluding tert-OH is 1. The standard InChI is InChI=1S/C23H27N7O3/c1-16-26-22(29-6-8-32-9-7-29)11-23(27-16)33-21-10-17(12-24)4-5-19(21)30-14-18(13-25-30)20(31)15-28(2)3/h4-5,10-11,13-14,20,31H,6-9,15H2,1-3H3. The molecule has 0 bridgehead atoms. The number of aryl methyl sites for hydroxylation is 1. The van der Waals surface area contributed by atoms with Gasteiger partial charge in [0.05, 0.1) is 37.1 Å². The normalized spacial score (nSPS) is 14.8. The molecule has 3 heterocycles. The molecule has 1 unspecified atom stereocenters. The van der Waals surface area contributed by atoms with E-state index in [1.807, 2.05) is 25.9 Å². The van der Waals surface area contributed by atoms with Crippen LogP contribution >= 0.6 is 0 Å². The van der Waals surface area contributed by atoms with Crippen LogP contribution in [0.25, 0.3) is 5.69 Å². The van der Waals surface area contributed by atoms with Crippen LogP contribution in [0.5, 0.6) is 11.6 Å². The van der Waals surface area contributed by atoms with Crippen molar-refractivity contribution in [3.8, 4) is 23.4 Å². The molecule has 1 atom stereocenters. The summed E-state index contributed by atoms with van der Waals surface area (Å²) in [4.78, 5) is 13.0. The molecule has 1 fully saturated rings. The molecule has 0 radical (unpaired) electrons. The van der Waals surface area contributed by atoms with Crippen molar-refractivity contribution in [2.24, 2.45) is 0 Å². The van der Waals surface area contributed by atoms with Crippen LogP contribution < -0.4 is 9.64 Å². The summed E-state index contributed by atoms with van der Waals surface area (Å²) >= 11 is 0. The zero-order chi connectivity index (χ0) is 23.4. The number of ether oxygens (including phenoxy) is 2. The van der Waals surface area contributed by atoms with Crippen molar-refractivity contribution in [3.63, 3.8) is 0 Å². The molecule has 0 amide bonds. The summed E-state index contributed by atoms with van der Waals surface area (Å²) in [5, 5.41) is 24.2. The Morgan fingerprint density at radius 3 is 2.76 bits per heavy atom. The number of aliphatic hydroxyl groups is 1. The van der Waals surface area contributed by atoms with Crippen molar-refractivity contribution in [3.05, 3.63) is 53.6 Å². The van der Waals surface area contributed by atoms with E-state index in [-0.39, 0.29) is 0 Å². The highest BCUT2D eigenvalue weighted by atomic mass is 16.5. The summed E-state index contributed by atoms with van der Waals surface area (Å²) in [6, 6.07) is 9.04. The Kier molecular flexibility index (Phi) is 6.84. The lowest BCUT2D eigenvalue weighted by atomic mass is 10.2. The highest BCUT2D eigenvalue weighted by Gasteiger charge is 2.18. The van der Waals surface area contributed by atoms with Crippen LogP contribution in [-0.4, -0.2) is 76.7 Å². The Balaban J connectivity index is 1.65. The molecule has 1 N–H and O–H groups in total. The number of nitrogens with zero attached hydrogens (tertiary/aromatic N) is 7. The van der Waals surface area contributed by atoms with Crippen molar-refractivity contribution in [2.75, 3.05) is 51.8 Å². The van der Waals surface area contributed by atoms with Crippen LogP contribution in [0.4, 0.5) is 5.82 Å². The molecular formula is C23H27N7O3. The number of anilines is 1. The van der Waals surface area contributed by atoms with E-state index < -0.39 is 6.10 Å². The summed E-state index contributed by atoms with van der Waals surface area (Å²) in [6.07, 6.45) is 2.71. The molecule has 4 rings (SSSR count). The number of hydrogen-bond donors (Lipinski definition) is 1. The second-order valence-electron chi connectivity index (χ2n) is 8.10. The number of hydrogen-bond acceptors (Lipinski definition) is 9. The van der Waals surface area contributed by atoms with Gasteiger partial charge < -0.3 is 24.4 Å². The monoisotopic (exact) mass is 449 g/mol. The highest BCUT2D eigenvalue weighted by Crippen LogP contribution is 2.30. The van der Waals surface area contributed by atoms with Crippen LogP contribution in [0.3, 0.4) is 0 Å². The Morgan fingerprint density at radius 1 is 1.24 bits per heavy atom. The summed E-state index contributed by atoms with van der Waals surface area (Å²) in [5.74, 6) is 2.16. The van der Waals surface area contributed by atoms with E-state index in [2.05, 4.69) is 26.0 Å². The predicted molar refractivity (Wildman–Crippen MR) is 122 cm³/mol. The lowest BCUT2D eigenvalue weighted by Gasteiger charge is -2.28. The number of morpholine rings is 1. The zero-order valence-electron chi connectivity index (χ0n) is 19.0. The first-order valence-electron chi connectivity index (χ1n) is 10.7. The SMILES string of the molecule is Cc1nc(Oc2cc(C#N)ccc2-n2cc(C(O)CN(C)C)cn2)cc(N2CCOCC2)n1. The van der Waals surface area contributed by atoms with E-state index in [0.717, 1.165) is 18.9 Å². The second kappa shape index (κ2) is 9.95. The first-order valence-corrected chi connectivity index (χ1v) is 10.7. The summed E-state index contributed by atoms with van der Waals surface area (Å²) in [6.45, 7) is 5.08. The molecule has 0 saturated carbocycles. The van der Waals surface area contributed by atoms with Crippen LogP contribution in [0.1, 0.15) is 23.1 Å². The quantitative estimate of drug-likeness (QED) is 0.579. The van der Waals surface area contributed by atoms with Crippen LogP contribution in [0, 0.1) is 18.3 Å². The van der Waals surface area contributed by atoms with Gasteiger partial charge in [-0.05, 0) is 33.2 Å². The lowest BCUT2D eigenvalue weighted by Crippen LogP contribution is -2.36. The van der Waals surface area contributed by atoms with Gasteiger partial charge >= 0.3 is 0 Å². The van der Waals surface area contributed by atoms with Crippen molar-refractivity contribution in [1.82, 2.24) is 24.6 Å². The molecule has 3 aromatic rings. The number of likely N-dealkylation sites (N-methyl/N-ethyl adjacent to an activating group) is 1. The molecule has 172 valence electrons. The van der Waals surface area contributed by atoms with E-state index in [4.69, 9.17) is 9.47 Å². The van der Waals surface area contributed by atoms with Gasteiger partial charge in [-0.25, -0.2) is 9.67 Å². The molecule has 2 aromatic heterocycles. The van der Waals surface area contributed by atoms with E-state index in [1.54, 1.807) is 41.3 Å². The van der Waals surface area contributed by atoms with Gasteiger partial charge in [-0.1, -0.05) is 0 Å². The maximum atomic E-state index is 10.4. The number of benzene rings is 1. The Bertz CT molecular complexity index is 1150. The largest absolute Gasteiger partial charge is 0.437 e. The average Bonchev–Trinajstić information content (AvgIpc) is 3.29. The van der Waals surface area contributed by atoms with Gasteiger partial charge in [-0.15, -0.1) is 0 Å². The number of aromatic nitrogens is 4. The third-order valence-corrected chi connectivity index (χ3v) is 5.21. The van der Waals surface area contributed by atoms with E-state index in [0.29, 0.717) is 54.0 Å². The molecule has 1 aliphatic rings. The predicted octanol–water partition coefficient (Wildman–Crippen LogP) is 2.07.